The molecule has 1 amide bonds. The molecule has 0 unspecified atom stereocenters. The minimum Gasteiger partial charge on any atom is -0.497 e. The minimum absolute atomic E-state index is 0.106. The van der Waals surface area contributed by atoms with Crippen molar-refractivity contribution < 1.29 is 14.3 Å². The predicted octanol–water partition coefficient (Wildman–Crippen LogP) is 1.15. The molecule has 2 N–H and O–H groups in total. The number of nitrogens with zero attached hydrogens (tertiary/aromatic N) is 1. The number of nitriles is 1. The maximum absolute atomic E-state index is 11.5. The molecule has 0 radical (unpaired) electrons. The molecule has 0 aliphatic carbocycles. The summed E-state index contributed by atoms with van der Waals surface area (Å²) in [4.78, 5) is 11.5. The van der Waals surface area contributed by atoms with Gasteiger partial charge in [-0.2, -0.15) is 5.26 Å². The Kier molecular flexibility index (Phi) is 6.03. The van der Waals surface area contributed by atoms with Crippen LogP contribution in [0.4, 0.5) is 5.69 Å². The van der Waals surface area contributed by atoms with Crippen molar-refractivity contribution in [2.24, 2.45) is 0 Å². The van der Waals surface area contributed by atoms with Crippen molar-refractivity contribution in [1.82, 2.24) is 5.32 Å². The monoisotopic (exact) mass is 263 g/mol. The second kappa shape index (κ2) is 7.82. The van der Waals surface area contributed by atoms with Gasteiger partial charge >= 0.3 is 0 Å². The highest BCUT2D eigenvalue weighted by Crippen LogP contribution is 2.28. The Balaban J connectivity index is 2.56. The first-order valence-corrected chi connectivity index (χ1v) is 5.80. The molecule has 0 saturated heterocycles. The molecule has 0 saturated carbocycles. The largest absolute Gasteiger partial charge is 0.497 e. The Morgan fingerprint density at radius 1 is 1.37 bits per heavy atom. The Hall–Kier alpha value is -2.42. The van der Waals surface area contributed by atoms with Crippen molar-refractivity contribution in [3.05, 3.63) is 18.2 Å². The quantitative estimate of drug-likeness (QED) is 0.721. The molecule has 102 valence electrons. The molecule has 0 aliphatic rings. The number of rotatable bonds is 7. The average Bonchev–Trinajstić information content (AvgIpc) is 2.45. The number of amides is 1. The van der Waals surface area contributed by atoms with Gasteiger partial charge in [0.25, 0.3) is 0 Å². The summed E-state index contributed by atoms with van der Waals surface area (Å²) in [7, 11) is 3.13. The summed E-state index contributed by atoms with van der Waals surface area (Å²) in [5.74, 6) is 1.12. The molecule has 0 aromatic heterocycles. The fraction of sp³-hybridized carbons (Fsp3) is 0.385. The Labute approximate surface area is 112 Å². The molecule has 0 fully saturated rings. The number of carbonyl (C=O) groups excluding carboxylic acids is 1. The van der Waals surface area contributed by atoms with Gasteiger partial charge in [-0.25, -0.2) is 0 Å². The number of methoxy groups -OCH3 is 2. The van der Waals surface area contributed by atoms with Gasteiger partial charge in [0, 0.05) is 12.6 Å². The van der Waals surface area contributed by atoms with Gasteiger partial charge in [0.15, 0.2) is 0 Å². The van der Waals surface area contributed by atoms with Crippen LogP contribution in [0.25, 0.3) is 0 Å². The summed E-state index contributed by atoms with van der Waals surface area (Å²) in [5, 5.41) is 14.0. The second-order valence-corrected chi connectivity index (χ2v) is 3.68. The Bertz CT molecular complexity index is 469. The van der Waals surface area contributed by atoms with Crippen LogP contribution >= 0.6 is 0 Å². The van der Waals surface area contributed by atoms with E-state index in [1.165, 1.54) is 0 Å². The van der Waals surface area contributed by atoms with E-state index in [-0.39, 0.29) is 12.5 Å². The van der Waals surface area contributed by atoms with Gasteiger partial charge in [-0.15, -0.1) is 0 Å². The van der Waals surface area contributed by atoms with Gasteiger partial charge in [-0.05, 0) is 12.1 Å². The minimum atomic E-state index is -0.180. The lowest BCUT2D eigenvalue weighted by atomic mass is 10.2. The van der Waals surface area contributed by atoms with E-state index in [1.807, 2.05) is 6.07 Å². The normalized spacial score (nSPS) is 9.32. The van der Waals surface area contributed by atoms with Crippen LogP contribution in [-0.4, -0.2) is 33.2 Å². The Morgan fingerprint density at radius 3 is 2.79 bits per heavy atom. The molecule has 0 aliphatic heterocycles. The van der Waals surface area contributed by atoms with Crippen molar-refractivity contribution in [2.75, 3.05) is 32.6 Å². The lowest BCUT2D eigenvalue weighted by Crippen LogP contribution is -2.30. The lowest BCUT2D eigenvalue weighted by molar-refractivity contribution is -0.119. The zero-order chi connectivity index (χ0) is 14.1. The molecule has 1 aromatic rings. The van der Waals surface area contributed by atoms with Crippen molar-refractivity contribution in [3.63, 3.8) is 0 Å². The molecule has 0 bridgehead atoms. The average molecular weight is 263 g/mol. The number of benzene rings is 1. The number of carbonyl (C=O) groups is 1. The molecule has 6 heteroatoms. The fourth-order valence-electron chi connectivity index (χ4n) is 1.45. The van der Waals surface area contributed by atoms with Gasteiger partial charge in [0.05, 0.1) is 38.9 Å². The van der Waals surface area contributed by atoms with E-state index in [4.69, 9.17) is 14.7 Å². The maximum Gasteiger partial charge on any atom is 0.239 e. The Morgan fingerprint density at radius 2 is 2.16 bits per heavy atom. The number of ether oxygens (including phenoxy) is 2. The predicted molar refractivity (Wildman–Crippen MR) is 71.3 cm³/mol. The van der Waals surface area contributed by atoms with Gasteiger partial charge in [0.2, 0.25) is 5.91 Å². The van der Waals surface area contributed by atoms with Crippen molar-refractivity contribution >= 4 is 11.6 Å². The molecule has 0 spiro atoms. The highest BCUT2D eigenvalue weighted by atomic mass is 16.5. The van der Waals surface area contributed by atoms with Gasteiger partial charge in [0.1, 0.15) is 11.5 Å². The van der Waals surface area contributed by atoms with E-state index < -0.39 is 0 Å². The van der Waals surface area contributed by atoms with Gasteiger partial charge < -0.3 is 20.1 Å². The standard InChI is InChI=1S/C13H17N3O3/c1-18-10-4-5-12(19-2)11(8-10)16-9-13(17)15-7-3-6-14/h4-5,8,16H,3,7,9H2,1-2H3,(H,15,17). The first-order valence-electron chi connectivity index (χ1n) is 5.80. The van der Waals surface area contributed by atoms with E-state index in [1.54, 1.807) is 32.4 Å². The number of hydrogen-bond donors (Lipinski definition) is 2. The SMILES string of the molecule is COc1ccc(OC)c(NCC(=O)NCCC#N)c1. The first-order chi connectivity index (χ1) is 9.21. The molecular formula is C13H17N3O3. The zero-order valence-corrected chi connectivity index (χ0v) is 11.0. The summed E-state index contributed by atoms with van der Waals surface area (Å²) < 4.78 is 10.3. The first kappa shape index (κ1) is 14.6. The van der Waals surface area contributed by atoms with Crippen LogP contribution in [0.15, 0.2) is 18.2 Å². The lowest BCUT2D eigenvalue weighted by Gasteiger charge is -2.12. The highest BCUT2D eigenvalue weighted by Gasteiger charge is 2.06. The third-order valence-electron chi connectivity index (χ3n) is 2.41. The maximum atomic E-state index is 11.5. The number of hydrogen-bond acceptors (Lipinski definition) is 5. The second-order valence-electron chi connectivity index (χ2n) is 3.68. The van der Waals surface area contributed by atoms with Gasteiger partial charge in [-0.3, -0.25) is 4.79 Å². The van der Waals surface area contributed by atoms with Crippen LogP contribution in [0.5, 0.6) is 11.5 Å². The summed E-state index contributed by atoms with van der Waals surface area (Å²) in [6, 6.07) is 7.24. The van der Waals surface area contributed by atoms with Crippen LogP contribution in [0, 0.1) is 11.3 Å². The zero-order valence-electron chi connectivity index (χ0n) is 11.0. The summed E-state index contributed by atoms with van der Waals surface area (Å²) in [6.07, 6.45) is 0.300. The van der Waals surface area contributed by atoms with E-state index >= 15 is 0 Å². The van der Waals surface area contributed by atoms with Crippen molar-refractivity contribution in [2.45, 2.75) is 6.42 Å². The van der Waals surface area contributed by atoms with Crippen LogP contribution < -0.4 is 20.1 Å². The molecule has 0 heterocycles. The van der Waals surface area contributed by atoms with Crippen molar-refractivity contribution in [3.8, 4) is 17.6 Å². The van der Waals surface area contributed by atoms with Crippen LogP contribution in [-0.2, 0) is 4.79 Å². The highest BCUT2D eigenvalue weighted by molar-refractivity contribution is 5.81. The van der Waals surface area contributed by atoms with Crippen LogP contribution in [0.3, 0.4) is 0 Å². The molecular weight excluding hydrogens is 246 g/mol. The smallest absolute Gasteiger partial charge is 0.239 e. The summed E-state index contributed by atoms with van der Waals surface area (Å²) in [5.41, 5.74) is 0.678. The third kappa shape index (κ3) is 4.76. The molecule has 1 rings (SSSR count). The molecule has 19 heavy (non-hydrogen) atoms. The number of anilines is 1. The van der Waals surface area contributed by atoms with Gasteiger partial charge in [-0.1, -0.05) is 0 Å². The summed E-state index contributed by atoms with van der Waals surface area (Å²) >= 11 is 0. The molecule has 0 atom stereocenters. The summed E-state index contributed by atoms with van der Waals surface area (Å²) in [6.45, 7) is 0.460. The van der Waals surface area contributed by atoms with E-state index in [9.17, 15) is 4.79 Å². The fourth-order valence-corrected chi connectivity index (χ4v) is 1.45. The topological polar surface area (TPSA) is 83.4 Å². The molecule has 1 aromatic carbocycles. The van der Waals surface area contributed by atoms with E-state index in [0.29, 0.717) is 30.2 Å². The van der Waals surface area contributed by atoms with Crippen LogP contribution in [0.1, 0.15) is 6.42 Å². The molecule has 6 nitrogen and oxygen atoms in total. The van der Waals surface area contributed by atoms with Crippen molar-refractivity contribution in [1.29, 1.82) is 5.26 Å². The van der Waals surface area contributed by atoms with E-state index in [2.05, 4.69) is 10.6 Å². The van der Waals surface area contributed by atoms with E-state index in [0.717, 1.165) is 0 Å². The number of nitrogens with one attached hydrogen (secondary N) is 2. The van der Waals surface area contributed by atoms with Crippen LogP contribution in [0.2, 0.25) is 0 Å². The third-order valence-corrected chi connectivity index (χ3v) is 2.41.